The van der Waals surface area contributed by atoms with E-state index in [0.29, 0.717) is 6.42 Å². The Morgan fingerprint density at radius 2 is 0.753 bits per heavy atom. The zero-order chi connectivity index (χ0) is 52.9. The van der Waals surface area contributed by atoms with Gasteiger partial charge in [-0.15, -0.1) is 0 Å². The van der Waals surface area contributed by atoms with Crippen LogP contribution in [0.4, 0.5) is 0 Å². The lowest BCUT2D eigenvalue weighted by atomic mass is 9.99. The lowest BCUT2D eigenvalue weighted by molar-refractivity contribution is -0.302. The van der Waals surface area contributed by atoms with Gasteiger partial charge in [-0.05, 0) is 19.3 Å². The van der Waals surface area contributed by atoms with Gasteiger partial charge in [0.25, 0.3) is 0 Å². The molecule has 6 N–H and O–H groups in total. The number of allylic oxidation sites excluding steroid dienone is 1. The quantitative estimate of drug-likeness (QED) is 0.0261. The Bertz CT molecular complexity index is 1150. The van der Waals surface area contributed by atoms with Crippen molar-refractivity contribution in [2.45, 2.75) is 378 Å². The van der Waals surface area contributed by atoms with E-state index in [4.69, 9.17) is 9.47 Å². The Morgan fingerprint density at radius 1 is 0.452 bits per heavy atom. The summed E-state index contributed by atoms with van der Waals surface area (Å²) < 4.78 is 11.3. The van der Waals surface area contributed by atoms with Crippen LogP contribution in [0.2, 0.25) is 0 Å². The van der Waals surface area contributed by atoms with Crippen molar-refractivity contribution >= 4 is 5.91 Å². The van der Waals surface area contributed by atoms with Gasteiger partial charge in [-0.25, -0.2) is 0 Å². The third-order valence-corrected chi connectivity index (χ3v) is 15.9. The lowest BCUT2D eigenvalue weighted by Gasteiger charge is -2.40. The fraction of sp³-hybridized carbons (Fsp3) is 0.953. The number of carbonyl (C=O) groups is 1. The van der Waals surface area contributed by atoms with Gasteiger partial charge >= 0.3 is 0 Å². The predicted molar refractivity (Wildman–Crippen MR) is 309 cm³/mol. The van der Waals surface area contributed by atoms with Crippen LogP contribution in [0, 0.1) is 0 Å². The maximum absolute atomic E-state index is 13.1. The number of ether oxygens (including phenoxy) is 2. The Morgan fingerprint density at radius 3 is 1.07 bits per heavy atom. The van der Waals surface area contributed by atoms with Crippen LogP contribution in [0.5, 0.6) is 0 Å². The molecule has 0 aliphatic carbocycles. The monoisotopic (exact) mass is 1040 g/mol. The highest BCUT2D eigenvalue weighted by Gasteiger charge is 2.44. The summed E-state index contributed by atoms with van der Waals surface area (Å²) in [6.07, 6.45) is 61.6. The highest BCUT2D eigenvalue weighted by molar-refractivity contribution is 5.76. The molecule has 0 aromatic carbocycles. The smallest absolute Gasteiger partial charge is 0.220 e. The van der Waals surface area contributed by atoms with E-state index < -0.39 is 49.5 Å². The van der Waals surface area contributed by atoms with Gasteiger partial charge in [0.05, 0.1) is 25.4 Å². The first kappa shape index (κ1) is 69.9. The molecule has 73 heavy (non-hydrogen) atoms. The van der Waals surface area contributed by atoms with Crippen molar-refractivity contribution in [3.63, 3.8) is 0 Å². The van der Waals surface area contributed by atoms with Crippen LogP contribution in [0.1, 0.15) is 335 Å². The SMILES string of the molecule is CCCCCCCCCCCCCCCCCCCCCCC/C=C/C(O)C(COC1OC(CO)C(O)C(O)C1O)NC(=O)CCCCCCCCCCCCCCCCCCCCCCCCCCCCC. The zero-order valence-corrected chi connectivity index (χ0v) is 48.4. The Balaban J connectivity index is 2.15. The molecule has 1 aliphatic rings. The fourth-order valence-electron chi connectivity index (χ4n) is 10.8. The number of aliphatic hydroxyl groups excluding tert-OH is 5. The number of unbranched alkanes of at least 4 members (excludes halogenated alkanes) is 47. The van der Waals surface area contributed by atoms with Crippen LogP contribution < -0.4 is 5.32 Å². The second-order valence-electron chi connectivity index (χ2n) is 22.9. The number of rotatable bonds is 57. The number of aliphatic hydroxyl groups is 5. The molecule has 434 valence electrons. The van der Waals surface area contributed by atoms with E-state index in [1.54, 1.807) is 6.08 Å². The van der Waals surface area contributed by atoms with Crippen molar-refractivity contribution in [3.05, 3.63) is 12.2 Å². The average molecular weight is 1040 g/mol. The van der Waals surface area contributed by atoms with Crippen molar-refractivity contribution in [1.82, 2.24) is 5.32 Å². The maximum Gasteiger partial charge on any atom is 0.220 e. The molecule has 1 aliphatic heterocycles. The number of carbonyl (C=O) groups excluding carboxylic acids is 1. The number of amides is 1. The first-order chi connectivity index (χ1) is 35.8. The largest absolute Gasteiger partial charge is 0.394 e. The van der Waals surface area contributed by atoms with E-state index in [9.17, 15) is 30.3 Å². The molecule has 0 aromatic rings. The first-order valence-electron chi connectivity index (χ1n) is 32.4. The second kappa shape index (κ2) is 54.3. The molecule has 9 nitrogen and oxygen atoms in total. The van der Waals surface area contributed by atoms with Crippen molar-refractivity contribution in [1.29, 1.82) is 0 Å². The van der Waals surface area contributed by atoms with Crippen molar-refractivity contribution in [2.75, 3.05) is 13.2 Å². The van der Waals surface area contributed by atoms with Gasteiger partial charge in [0.2, 0.25) is 5.91 Å². The van der Waals surface area contributed by atoms with Crippen molar-refractivity contribution in [2.24, 2.45) is 0 Å². The number of nitrogens with one attached hydrogen (secondary N) is 1. The Hall–Kier alpha value is -1.07. The topological polar surface area (TPSA) is 149 Å². The third kappa shape index (κ3) is 43.6. The molecule has 1 amide bonds. The molecular formula is C64H125NO8. The minimum atomic E-state index is -1.56. The maximum atomic E-state index is 13.1. The van der Waals surface area contributed by atoms with Gasteiger partial charge in [0, 0.05) is 6.42 Å². The van der Waals surface area contributed by atoms with Gasteiger partial charge in [-0.1, -0.05) is 321 Å². The first-order valence-corrected chi connectivity index (χ1v) is 32.4. The van der Waals surface area contributed by atoms with Crippen LogP contribution in [-0.2, 0) is 14.3 Å². The molecule has 1 saturated heterocycles. The summed E-state index contributed by atoms with van der Waals surface area (Å²) in [5.74, 6) is -0.168. The summed E-state index contributed by atoms with van der Waals surface area (Å²) in [7, 11) is 0. The van der Waals surface area contributed by atoms with E-state index >= 15 is 0 Å². The molecule has 0 radical (unpaired) electrons. The lowest BCUT2D eigenvalue weighted by Crippen LogP contribution is -2.60. The van der Waals surface area contributed by atoms with E-state index in [1.807, 2.05) is 6.08 Å². The molecule has 0 spiro atoms. The van der Waals surface area contributed by atoms with Crippen LogP contribution in [-0.4, -0.2) is 87.5 Å². The van der Waals surface area contributed by atoms with Crippen molar-refractivity contribution < 1.29 is 39.8 Å². The minimum absolute atomic E-state index is 0.168. The highest BCUT2D eigenvalue weighted by atomic mass is 16.7. The van der Waals surface area contributed by atoms with E-state index in [0.717, 1.165) is 38.5 Å². The molecular weight excluding hydrogens is 911 g/mol. The van der Waals surface area contributed by atoms with E-state index in [2.05, 4.69) is 19.2 Å². The number of hydrogen-bond acceptors (Lipinski definition) is 8. The number of hydrogen-bond donors (Lipinski definition) is 6. The fourth-order valence-corrected chi connectivity index (χ4v) is 10.8. The predicted octanol–water partition coefficient (Wildman–Crippen LogP) is 16.7. The molecule has 1 fully saturated rings. The third-order valence-electron chi connectivity index (χ3n) is 15.9. The van der Waals surface area contributed by atoms with Crippen molar-refractivity contribution in [3.8, 4) is 0 Å². The summed E-state index contributed by atoms with van der Waals surface area (Å²) in [6, 6.07) is -0.801. The minimum Gasteiger partial charge on any atom is -0.394 e. The summed E-state index contributed by atoms with van der Waals surface area (Å²) >= 11 is 0. The van der Waals surface area contributed by atoms with Gasteiger partial charge < -0.3 is 40.3 Å². The molecule has 1 heterocycles. The summed E-state index contributed by atoms with van der Waals surface area (Å²) in [6.45, 7) is 3.84. The Kier molecular flexibility index (Phi) is 52.0. The Labute approximate surface area is 452 Å². The van der Waals surface area contributed by atoms with Gasteiger partial charge in [0.1, 0.15) is 24.4 Å². The standard InChI is InChI=1S/C64H125NO8/c1-3-5-7-9-11-13-15-17-19-21-23-25-27-28-29-30-32-34-36-38-40-42-44-46-48-50-52-54-60(68)65-57(56-72-64-63(71)62(70)61(69)59(55-66)73-64)58(67)53-51-49-47-45-43-41-39-37-35-33-31-26-24-22-20-18-16-14-12-10-8-6-4-2/h51,53,57-59,61-64,66-67,69-71H,3-50,52,54-56H2,1-2H3,(H,65,68)/b53-51+. The van der Waals surface area contributed by atoms with Gasteiger partial charge in [-0.2, -0.15) is 0 Å². The summed E-state index contributed by atoms with van der Waals surface area (Å²) in [4.78, 5) is 13.1. The highest BCUT2D eigenvalue weighted by Crippen LogP contribution is 2.23. The zero-order valence-electron chi connectivity index (χ0n) is 48.4. The summed E-state index contributed by atoms with van der Waals surface area (Å²) in [5, 5.41) is 54.7. The van der Waals surface area contributed by atoms with Crippen LogP contribution in [0.15, 0.2) is 12.2 Å². The molecule has 0 saturated carbocycles. The molecule has 0 aromatic heterocycles. The molecule has 9 heteroatoms. The van der Waals surface area contributed by atoms with Gasteiger partial charge in [0.15, 0.2) is 6.29 Å². The summed E-state index contributed by atoms with van der Waals surface area (Å²) in [5.41, 5.74) is 0. The van der Waals surface area contributed by atoms with E-state index in [-0.39, 0.29) is 12.5 Å². The normalized spacial score (nSPS) is 19.0. The average Bonchev–Trinajstić information content (AvgIpc) is 3.39. The molecule has 0 bridgehead atoms. The van der Waals surface area contributed by atoms with Crippen LogP contribution in [0.25, 0.3) is 0 Å². The molecule has 7 atom stereocenters. The van der Waals surface area contributed by atoms with Gasteiger partial charge in [-0.3, -0.25) is 4.79 Å². The molecule has 7 unspecified atom stereocenters. The van der Waals surface area contributed by atoms with Crippen LogP contribution >= 0.6 is 0 Å². The second-order valence-corrected chi connectivity index (χ2v) is 22.9. The molecule has 1 rings (SSSR count). The van der Waals surface area contributed by atoms with Crippen LogP contribution in [0.3, 0.4) is 0 Å². The van der Waals surface area contributed by atoms with E-state index in [1.165, 1.54) is 276 Å².